The number of carboxylic acid groups (broad SMARTS) is 1. The zero-order chi connectivity index (χ0) is 11.4. The smallest absolute Gasteiger partial charge is 0.339 e. The molecule has 1 N–H and O–H groups in total. The Bertz CT molecular complexity index is 387. The van der Waals surface area contributed by atoms with E-state index in [1.165, 1.54) is 12.1 Å². The Morgan fingerprint density at radius 2 is 2.33 bits per heavy atom. The van der Waals surface area contributed by atoms with Crippen molar-refractivity contribution in [3.05, 3.63) is 41.4 Å². The minimum atomic E-state index is -1.07. The van der Waals surface area contributed by atoms with Crippen molar-refractivity contribution in [2.24, 2.45) is 0 Å². The maximum atomic E-state index is 10.9. The molecule has 1 aromatic rings. The highest BCUT2D eigenvalue weighted by atomic mass is 35.5. The Labute approximate surface area is 92.9 Å². The summed E-state index contributed by atoms with van der Waals surface area (Å²) in [6, 6.07) is 4.47. The normalized spacial score (nSPS) is 11.9. The van der Waals surface area contributed by atoms with Crippen LogP contribution in [0.4, 0.5) is 0 Å². The molecule has 0 fully saturated rings. The highest BCUT2D eigenvalue weighted by molar-refractivity contribution is 6.31. The lowest BCUT2D eigenvalue weighted by atomic mass is 10.2. The van der Waals surface area contributed by atoms with Gasteiger partial charge in [0.15, 0.2) is 0 Å². The average Bonchev–Trinajstić information content (AvgIpc) is 2.20. The molecule has 0 spiro atoms. The van der Waals surface area contributed by atoms with E-state index < -0.39 is 5.97 Å². The van der Waals surface area contributed by atoms with E-state index in [2.05, 4.69) is 6.58 Å². The molecule has 0 aliphatic heterocycles. The number of hydrogen-bond donors (Lipinski definition) is 1. The standard InChI is InChI=1S/C11H11ClO3/c1-3-7(2)15-10-5-4-8(12)6-9(10)11(13)14/h3-7H,1H2,2H3,(H,13,14). The van der Waals surface area contributed by atoms with Crippen molar-refractivity contribution in [1.29, 1.82) is 0 Å². The van der Waals surface area contributed by atoms with E-state index in [0.717, 1.165) is 0 Å². The number of aromatic carboxylic acids is 1. The molecular formula is C11H11ClO3. The van der Waals surface area contributed by atoms with Crippen LogP contribution in [0, 0.1) is 0 Å². The number of carboxylic acids is 1. The number of rotatable bonds is 4. The predicted octanol–water partition coefficient (Wildman–Crippen LogP) is 2.99. The van der Waals surface area contributed by atoms with E-state index in [1.807, 2.05) is 0 Å². The van der Waals surface area contributed by atoms with Crippen LogP contribution in [0.3, 0.4) is 0 Å². The first-order valence-corrected chi connectivity index (χ1v) is 4.74. The van der Waals surface area contributed by atoms with Gasteiger partial charge in [-0.05, 0) is 25.1 Å². The van der Waals surface area contributed by atoms with Crippen LogP contribution < -0.4 is 4.74 Å². The van der Waals surface area contributed by atoms with E-state index in [4.69, 9.17) is 21.4 Å². The molecule has 0 bridgehead atoms. The van der Waals surface area contributed by atoms with Gasteiger partial charge in [-0.3, -0.25) is 0 Å². The third-order valence-electron chi connectivity index (χ3n) is 1.82. The molecule has 0 aliphatic carbocycles. The van der Waals surface area contributed by atoms with Crippen molar-refractivity contribution in [3.8, 4) is 5.75 Å². The van der Waals surface area contributed by atoms with Crippen LogP contribution in [0.15, 0.2) is 30.9 Å². The van der Waals surface area contributed by atoms with E-state index in [1.54, 1.807) is 19.1 Å². The lowest BCUT2D eigenvalue weighted by Gasteiger charge is -2.12. The first-order valence-electron chi connectivity index (χ1n) is 4.36. The van der Waals surface area contributed by atoms with Crippen LogP contribution >= 0.6 is 11.6 Å². The zero-order valence-corrected chi connectivity index (χ0v) is 8.99. The van der Waals surface area contributed by atoms with Gasteiger partial charge < -0.3 is 9.84 Å². The monoisotopic (exact) mass is 226 g/mol. The van der Waals surface area contributed by atoms with E-state index in [-0.39, 0.29) is 11.7 Å². The molecule has 1 rings (SSSR count). The van der Waals surface area contributed by atoms with Crippen molar-refractivity contribution >= 4 is 17.6 Å². The number of carbonyl (C=O) groups is 1. The van der Waals surface area contributed by atoms with Crippen molar-refractivity contribution < 1.29 is 14.6 Å². The number of benzene rings is 1. The van der Waals surface area contributed by atoms with E-state index in [0.29, 0.717) is 10.8 Å². The fourth-order valence-electron chi connectivity index (χ4n) is 1.02. The van der Waals surface area contributed by atoms with Gasteiger partial charge in [-0.15, -0.1) is 0 Å². The maximum absolute atomic E-state index is 10.9. The van der Waals surface area contributed by atoms with Crippen LogP contribution in [0.25, 0.3) is 0 Å². The van der Waals surface area contributed by atoms with Gasteiger partial charge in [0.25, 0.3) is 0 Å². The molecule has 0 saturated heterocycles. The van der Waals surface area contributed by atoms with Crippen LogP contribution in [-0.2, 0) is 0 Å². The Hall–Kier alpha value is -1.48. The second-order valence-electron chi connectivity index (χ2n) is 3.00. The van der Waals surface area contributed by atoms with Crippen molar-refractivity contribution in [1.82, 2.24) is 0 Å². The first kappa shape index (κ1) is 11.6. The third kappa shape index (κ3) is 2.99. The lowest BCUT2D eigenvalue weighted by Crippen LogP contribution is -2.10. The average molecular weight is 227 g/mol. The zero-order valence-electron chi connectivity index (χ0n) is 8.24. The Morgan fingerprint density at radius 1 is 1.67 bits per heavy atom. The fourth-order valence-corrected chi connectivity index (χ4v) is 1.19. The second-order valence-corrected chi connectivity index (χ2v) is 3.44. The Morgan fingerprint density at radius 3 is 2.87 bits per heavy atom. The fraction of sp³-hybridized carbons (Fsp3) is 0.182. The molecule has 0 saturated carbocycles. The first-order chi connectivity index (χ1) is 7.04. The van der Waals surface area contributed by atoms with Gasteiger partial charge >= 0.3 is 5.97 Å². The maximum Gasteiger partial charge on any atom is 0.339 e. The van der Waals surface area contributed by atoms with Crippen molar-refractivity contribution in [2.75, 3.05) is 0 Å². The molecular weight excluding hydrogens is 216 g/mol. The van der Waals surface area contributed by atoms with Gasteiger partial charge in [-0.2, -0.15) is 0 Å². The van der Waals surface area contributed by atoms with Crippen LogP contribution in [-0.4, -0.2) is 17.2 Å². The summed E-state index contributed by atoms with van der Waals surface area (Å²) in [6.45, 7) is 5.32. The summed E-state index contributed by atoms with van der Waals surface area (Å²) < 4.78 is 5.35. The highest BCUT2D eigenvalue weighted by Crippen LogP contribution is 2.23. The summed E-state index contributed by atoms with van der Waals surface area (Å²) in [4.78, 5) is 10.9. The van der Waals surface area contributed by atoms with Crippen LogP contribution in [0.1, 0.15) is 17.3 Å². The SMILES string of the molecule is C=CC(C)Oc1ccc(Cl)cc1C(=O)O. The van der Waals surface area contributed by atoms with Crippen molar-refractivity contribution in [2.45, 2.75) is 13.0 Å². The van der Waals surface area contributed by atoms with Crippen molar-refractivity contribution in [3.63, 3.8) is 0 Å². The molecule has 0 amide bonds. The second kappa shape index (κ2) is 4.84. The van der Waals surface area contributed by atoms with Gasteiger partial charge in [-0.25, -0.2) is 4.79 Å². The third-order valence-corrected chi connectivity index (χ3v) is 2.05. The summed E-state index contributed by atoms with van der Waals surface area (Å²) in [6.07, 6.45) is 1.34. The Kier molecular flexibility index (Phi) is 3.74. The molecule has 4 heteroatoms. The number of halogens is 1. The van der Waals surface area contributed by atoms with Gasteiger partial charge in [0.2, 0.25) is 0 Å². The minimum Gasteiger partial charge on any atom is -0.486 e. The lowest BCUT2D eigenvalue weighted by molar-refractivity contribution is 0.0691. The molecule has 1 aromatic carbocycles. The molecule has 15 heavy (non-hydrogen) atoms. The van der Waals surface area contributed by atoms with Crippen LogP contribution in [0.5, 0.6) is 5.75 Å². The van der Waals surface area contributed by atoms with Gasteiger partial charge in [0, 0.05) is 5.02 Å². The summed E-state index contributed by atoms with van der Waals surface area (Å²) in [5.41, 5.74) is 0.0520. The molecule has 80 valence electrons. The Balaban J connectivity index is 3.05. The minimum absolute atomic E-state index is 0.0520. The quantitative estimate of drug-likeness (QED) is 0.803. The summed E-state index contributed by atoms with van der Waals surface area (Å²) >= 11 is 5.69. The largest absolute Gasteiger partial charge is 0.486 e. The summed E-state index contributed by atoms with van der Waals surface area (Å²) in [5, 5.41) is 9.28. The van der Waals surface area contributed by atoms with E-state index >= 15 is 0 Å². The summed E-state index contributed by atoms with van der Waals surface area (Å²) in [7, 11) is 0. The highest BCUT2D eigenvalue weighted by Gasteiger charge is 2.13. The molecule has 1 atom stereocenters. The molecule has 0 radical (unpaired) electrons. The van der Waals surface area contributed by atoms with Gasteiger partial charge in [0.1, 0.15) is 17.4 Å². The molecule has 0 aromatic heterocycles. The topological polar surface area (TPSA) is 46.5 Å². The molecule has 0 aliphatic rings. The van der Waals surface area contributed by atoms with Gasteiger partial charge in [0.05, 0.1) is 0 Å². The van der Waals surface area contributed by atoms with E-state index in [9.17, 15) is 4.79 Å². The molecule has 1 unspecified atom stereocenters. The predicted molar refractivity (Wildman–Crippen MR) is 58.7 cm³/mol. The number of ether oxygens (including phenoxy) is 1. The summed E-state index contributed by atoms with van der Waals surface area (Å²) in [5.74, 6) is -0.775. The van der Waals surface area contributed by atoms with Gasteiger partial charge in [-0.1, -0.05) is 24.3 Å². The molecule has 3 nitrogen and oxygen atoms in total. The van der Waals surface area contributed by atoms with Crippen LogP contribution in [0.2, 0.25) is 5.02 Å². The number of hydrogen-bond acceptors (Lipinski definition) is 2. The molecule has 0 heterocycles.